The van der Waals surface area contributed by atoms with Gasteiger partial charge < -0.3 is 15.8 Å². The van der Waals surface area contributed by atoms with Crippen LogP contribution < -0.4 is 11.1 Å². The number of nitrogens with two attached hydrogens (primary N) is 1. The van der Waals surface area contributed by atoms with Crippen LogP contribution in [0.3, 0.4) is 0 Å². The molecular formula is C13H16N4OS. The first-order chi connectivity index (χ1) is 9.15. The lowest BCUT2D eigenvalue weighted by Crippen LogP contribution is -2.17. The first-order valence-electron chi connectivity index (χ1n) is 6.11. The van der Waals surface area contributed by atoms with E-state index >= 15 is 0 Å². The summed E-state index contributed by atoms with van der Waals surface area (Å²) in [7, 11) is 1.70. The Morgan fingerprint density at radius 1 is 1.42 bits per heavy atom. The van der Waals surface area contributed by atoms with E-state index in [0.717, 1.165) is 19.6 Å². The standard InChI is InChI=1S/C13H16N4OS/c1-18-5-4-13(2-3-13)8-17-12-9(6-14)11(16)10(7-15)19-12/h17H,2-5,8,16H2,1H3. The van der Waals surface area contributed by atoms with E-state index in [2.05, 4.69) is 11.4 Å². The fourth-order valence-electron chi connectivity index (χ4n) is 2.04. The number of nitrogen functional groups attached to an aromatic ring is 1. The van der Waals surface area contributed by atoms with Gasteiger partial charge in [-0.2, -0.15) is 10.5 Å². The molecule has 2 rings (SSSR count). The van der Waals surface area contributed by atoms with Gasteiger partial charge in [-0.25, -0.2) is 0 Å². The summed E-state index contributed by atoms with van der Waals surface area (Å²) in [5.74, 6) is 0. The fourth-order valence-corrected chi connectivity index (χ4v) is 2.90. The van der Waals surface area contributed by atoms with Crippen molar-refractivity contribution in [2.45, 2.75) is 19.3 Å². The van der Waals surface area contributed by atoms with Crippen molar-refractivity contribution in [3.63, 3.8) is 0 Å². The third-order valence-electron chi connectivity index (χ3n) is 3.58. The highest BCUT2D eigenvalue weighted by molar-refractivity contribution is 7.17. The van der Waals surface area contributed by atoms with E-state index in [0.29, 0.717) is 21.1 Å². The van der Waals surface area contributed by atoms with Crippen LogP contribution in [0.5, 0.6) is 0 Å². The Hall–Kier alpha value is -1.76. The van der Waals surface area contributed by atoms with Crippen LogP contribution in [-0.4, -0.2) is 20.3 Å². The number of nitriles is 2. The highest BCUT2D eigenvalue weighted by Crippen LogP contribution is 2.49. The number of anilines is 2. The first kappa shape index (κ1) is 13.7. The van der Waals surface area contributed by atoms with Crippen molar-refractivity contribution >= 4 is 22.0 Å². The Morgan fingerprint density at radius 2 is 2.16 bits per heavy atom. The van der Waals surface area contributed by atoms with Crippen LogP contribution in [0.15, 0.2) is 0 Å². The van der Waals surface area contributed by atoms with Gasteiger partial charge in [0, 0.05) is 20.3 Å². The predicted octanol–water partition coefficient (Wildman–Crippen LogP) is 2.30. The largest absolute Gasteiger partial charge is 0.396 e. The molecule has 0 aliphatic heterocycles. The molecule has 0 radical (unpaired) electrons. The lowest BCUT2D eigenvalue weighted by molar-refractivity contribution is 0.175. The summed E-state index contributed by atoms with van der Waals surface area (Å²) in [6.45, 7) is 1.55. The molecule has 3 N–H and O–H groups in total. The van der Waals surface area contributed by atoms with Crippen LogP contribution in [0.4, 0.5) is 10.7 Å². The van der Waals surface area contributed by atoms with Gasteiger partial charge in [0.15, 0.2) is 0 Å². The molecule has 6 heteroatoms. The van der Waals surface area contributed by atoms with E-state index in [1.807, 2.05) is 6.07 Å². The van der Waals surface area contributed by atoms with Crippen molar-refractivity contribution in [2.75, 3.05) is 31.3 Å². The minimum atomic E-state index is 0.286. The van der Waals surface area contributed by atoms with Crippen LogP contribution in [0, 0.1) is 28.1 Å². The van der Waals surface area contributed by atoms with E-state index in [1.165, 1.54) is 24.2 Å². The number of nitrogens with one attached hydrogen (secondary N) is 1. The Bertz CT molecular complexity index is 548. The average molecular weight is 276 g/mol. The molecule has 1 fully saturated rings. The number of ether oxygens (including phenoxy) is 1. The molecule has 100 valence electrons. The maximum atomic E-state index is 9.10. The minimum absolute atomic E-state index is 0.286. The minimum Gasteiger partial charge on any atom is -0.396 e. The van der Waals surface area contributed by atoms with E-state index in [-0.39, 0.29) is 5.41 Å². The number of rotatable bonds is 6. The Kier molecular flexibility index (Phi) is 3.94. The Labute approximate surface area is 116 Å². The van der Waals surface area contributed by atoms with E-state index in [4.69, 9.17) is 21.0 Å². The summed E-state index contributed by atoms with van der Waals surface area (Å²) in [5.41, 5.74) is 6.74. The second-order valence-electron chi connectivity index (χ2n) is 4.87. The summed E-state index contributed by atoms with van der Waals surface area (Å²) in [6, 6.07) is 4.09. The summed E-state index contributed by atoms with van der Waals surface area (Å²) in [6.07, 6.45) is 3.37. The van der Waals surface area contributed by atoms with Gasteiger partial charge in [-0.05, 0) is 24.7 Å². The van der Waals surface area contributed by atoms with Crippen LogP contribution in [0.2, 0.25) is 0 Å². The van der Waals surface area contributed by atoms with Crippen molar-refractivity contribution in [3.05, 3.63) is 10.4 Å². The zero-order chi connectivity index (χ0) is 13.9. The van der Waals surface area contributed by atoms with E-state index in [9.17, 15) is 0 Å². The normalized spacial score (nSPS) is 15.5. The second kappa shape index (κ2) is 5.48. The van der Waals surface area contributed by atoms with Gasteiger partial charge in [0.25, 0.3) is 0 Å². The number of methoxy groups -OCH3 is 1. The molecule has 1 aromatic heterocycles. The molecule has 19 heavy (non-hydrogen) atoms. The molecule has 1 aromatic rings. The molecule has 0 saturated heterocycles. The number of hydrogen-bond donors (Lipinski definition) is 2. The number of nitrogens with zero attached hydrogens (tertiary/aromatic N) is 2. The molecule has 5 nitrogen and oxygen atoms in total. The van der Waals surface area contributed by atoms with Crippen LogP contribution in [0.25, 0.3) is 0 Å². The Morgan fingerprint density at radius 3 is 2.68 bits per heavy atom. The third-order valence-corrected chi connectivity index (χ3v) is 4.64. The molecule has 0 atom stereocenters. The fraction of sp³-hybridized carbons (Fsp3) is 0.538. The number of thiophene rings is 1. The van der Waals surface area contributed by atoms with Gasteiger partial charge in [0.05, 0.1) is 5.69 Å². The predicted molar refractivity (Wildman–Crippen MR) is 74.8 cm³/mol. The third kappa shape index (κ3) is 2.81. The van der Waals surface area contributed by atoms with Crippen LogP contribution >= 0.6 is 11.3 Å². The summed E-state index contributed by atoms with van der Waals surface area (Å²) >= 11 is 1.25. The van der Waals surface area contributed by atoms with E-state index in [1.54, 1.807) is 7.11 Å². The highest BCUT2D eigenvalue weighted by Gasteiger charge is 2.42. The molecule has 1 saturated carbocycles. The molecule has 1 heterocycles. The van der Waals surface area contributed by atoms with Crippen molar-refractivity contribution in [1.82, 2.24) is 0 Å². The molecule has 0 spiro atoms. The monoisotopic (exact) mass is 276 g/mol. The topological polar surface area (TPSA) is 94.9 Å². The van der Waals surface area contributed by atoms with Crippen LogP contribution in [-0.2, 0) is 4.74 Å². The van der Waals surface area contributed by atoms with E-state index < -0.39 is 0 Å². The van der Waals surface area contributed by atoms with Crippen LogP contribution in [0.1, 0.15) is 29.7 Å². The SMILES string of the molecule is COCCC1(CNc2sc(C#N)c(N)c2C#N)CC1. The molecule has 0 amide bonds. The van der Waals surface area contributed by atoms with Gasteiger partial charge in [0.2, 0.25) is 0 Å². The zero-order valence-electron chi connectivity index (χ0n) is 10.8. The van der Waals surface area contributed by atoms with Crippen molar-refractivity contribution in [1.29, 1.82) is 10.5 Å². The van der Waals surface area contributed by atoms with Gasteiger partial charge in [-0.1, -0.05) is 0 Å². The summed E-state index contributed by atoms with van der Waals surface area (Å²) in [4.78, 5) is 0.404. The quantitative estimate of drug-likeness (QED) is 0.831. The van der Waals surface area contributed by atoms with Gasteiger partial charge in [-0.3, -0.25) is 0 Å². The maximum Gasteiger partial charge on any atom is 0.131 e. The molecular weight excluding hydrogens is 260 g/mol. The smallest absolute Gasteiger partial charge is 0.131 e. The molecule has 0 aromatic carbocycles. The maximum absolute atomic E-state index is 9.10. The summed E-state index contributed by atoms with van der Waals surface area (Å²) in [5, 5.41) is 22.0. The zero-order valence-corrected chi connectivity index (χ0v) is 11.6. The molecule has 1 aliphatic rings. The van der Waals surface area contributed by atoms with Gasteiger partial charge in [0.1, 0.15) is 27.6 Å². The lowest BCUT2D eigenvalue weighted by Gasteiger charge is -2.15. The second-order valence-corrected chi connectivity index (χ2v) is 5.89. The number of hydrogen-bond acceptors (Lipinski definition) is 6. The summed E-state index contributed by atoms with van der Waals surface area (Å²) < 4.78 is 5.11. The first-order valence-corrected chi connectivity index (χ1v) is 6.93. The molecule has 0 bridgehead atoms. The lowest BCUT2D eigenvalue weighted by atomic mass is 10.0. The van der Waals surface area contributed by atoms with Crippen molar-refractivity contribution in [2.24, 2.45) is 5.41 Å². The molecule has 0 unspecified atom stereocenters. The Balaban J connectivity index is 2.05. The van der Waals surface area contributed by atoms with Crippen molar-refractivity contribution in [3.8, 4) is 12.1 Å². The molecule has 1 aliphatic carbocycles. The van der Waals surface area contributed by atoms with Gasteiger partial charge in [-0.15, -0.1) is 11.3 Å². The average Bonchev–Trinajstić information content (AvgIpc) is 3.13. The van der Waals surface area contributed by atoms with Crippen molar-refractivity contribution < 1.29 is 4.74 Å². The highest BCUT2D eigenvalue weighted by atomic mass is 32.1. The van der Waals surface area contributed by atoms with Gasteiger partial charge >= 0.3 is 0 Å².